The van der Waals surface area contributed by atoms with Gasteiger partial charge in [-0.05, 0) is 54.2 Å². The molecule has 33 heavy (non-hydrogen) atoms. The number of carbonyl (C=O) groups excluding carboxylic acids is 2. The van der Waals surface area contributed by atoms with Gasteiger partial charge in [-0.1, -0.05) is 44.1 Å². The molecule has 7 nitrogen and oxygen atoms in total. The molecule has 1 aromatic carbocycles. The Kier molecular flexibility index (Phi) is 6.10. The van der Waals surface area contributed by atoms with Crippen molar-refractivity contribution in [3.63, 3.8) is 0 Å². The number of alkyl halides is 1. The van der Waals surface area contributed by atoms with Crippen LogP contribution in [-0.2, 0) is 16.6 Å². The highest BCUT2D eigenvalue weighted by Gasteiger charge is 2.43. The highest BCUT2D eigenvalue weighted by molar-refractivity contribution is 5.94. The molecule has 0 saturated heterocycles. The molecule has 2 atom stereocenters. The highest BCUT2D eigenvalue weighted by atomic mass is 19.1. The maximum absolute atomic E-state index is 13.1. The zero-order valence-electron chi connectivity index (χ0n) is 19.2. The fourth-order valence-electron chi connectivity index (χ4n) is 3.49. The van der Waals surface area contributed by atoms with Gasteiger partial charge >= 0.3 is 0 Å². The fraction of sp³-hybridized carbons (Fsp3) is 0.400. The zero-order chi connectivity index (χ0) is 23.8. The summed E-state index contributed by atoms with van der Waals surface area (Å²) >= 11 is 0. The summed E-state index contributed by atoms with van der Waals surface area (Å²) in [5.41, 5.74) is 3.64. The summed E-state index contributed by atoms with van der Waals surface area (Å²) in [6.45, 7) is 7.84. The number of halogens is 1. The third-order valence-electron chi connectivity index (χ3n) is 5.67. The molecule has 8 heteroatoms. The van der Waals surface area contributed by atoms with Gasteiger partial charge in [0.05, 0.1) is 5.92 Å². The first-order chi connectivity index (χ1) is 15.6. The standard InChI is InChI=1S/C25H27FN4O3/c1-14-11-16(17-9-10-27-21(12-17)28-23(32)18-13-19(18)26)6-5-15(14)7-8-20(31)22-29-24(33-30-22)25(2,3)4/h5-6,9-12,18-19H,7-8,13H2,1-4H3,(H,27,28,32)/t18-,19+/m1/s1. The van der Waals surface area contributed by atoms with Crippen molar-refractivity contribution in [1.82, 2.24) is 15.1 Å². The number of nitrogens with zero attached hydrogens (tertiary/aromatic N) is 3. The molecule has 1 amide bonds. The first kappa shape index (κ1) is 22.8. The second-order valence-corrected chi connectivity index (χ2v) is 9.51. The minimum Gasteiger partial charge on any atom is -0.338 e. The number of nitrogens with one attached hydrogen (secondary N) is 1. The molecule has 4 rings (SSSR count). The number of amides is 1. The Morgan fingerprint density at radius 1 is 1.18 bits per heavy atom. The van der Waals surface area contributed by atoms with E-state index in [-0.39, 0.29) is 35.8 Å². The van der Waals surface area contributed by atoms with E-state index in [1.165, 1.54) is 0 Å². The number of benzene rings is 1. The normalized spacial score (nSPS) is 17.6. The van der Waals surface area contributed by atoms with Crippen LogP contribution in [0.2, 0.25) is 0 Å². The van der Waals surface area contributed by atoms with Crippen LogP contribution in [0.1, 0.15) is 61.2 Å². The average Bonchev–Trinajstić information content (AvgIpc) is 3.28. The smallest absolute Gasteiger partial charge is 0.238 e. The van der Waals surface area contributed by atoms with E-state index in [1.54, 1.807) is 12.3 Å². The Morgan fingerprint density at radius 2 is 1.91 bits per heavy atom. The van der Waals surface area contributed by atoms with Gasteiger partial charge in [-0.15, -0.1) is 0 Å². The van der Waals surface area contributed by atoms with Crippen LogP contribution in [0.15, 0.2) is 41.1 Å². The molecule has 0 radical (unpaired) electrons. The lowest BCUT2D eigenvalue weighted by Gasteiger charge is -2.10. The second-order valence-electron chi connectivity index (χ2n) is 9.51. The van der Waals surface area contributed by atoms with Crippen molar-refractivity contribution in [3.8, 4) is 11.1 Å². The van der Waals surface area contributed by atoms with Gasteiger partial charge in [-0.3, -0.25) is 9.59 Å². The number of Topliss-reactive ketones (excluding diaryl/α,β-unsaturated/α-hetero) is 1. The Morgan fingerprint density at radius 3 is 2.55 bits per heavy atom. The molecule has 172 valence electrons. The van der Waals surface area contributed by atoms with Gasteiger partial charge in [-0.25, -0.2) is 9.37 Å². The van der Waals surface area contributed by atoms with E-state index in [4.69, 9.17) is 4.52 Å². The Balaban J connectivity index is 1.41. The topological polar surface area (TPSA) is 98.0 Å². The van der Waals surface area contributed by atoms with Gasteiger partial charge in [0.2, 0.25) is 23.4 Å². The van der Waals surface area contributed by atoms with Crippen LogP contribution >= 0.6 is 0 Å². The maximum Gasteiger partial charge on any atom is 0.238 e. The molecule has 2 heterocycles. The second kappa shape index (κ2) is 8.84. The average molecular weight is 451 g/mol. The van der Waals surface area contributed by atoms with Crippen molar-refractivity contribution in [1.29, 1.82) is 0 Å². The number of aryl methyl sites for hydroxylation is 2. The molecule has 0 bridgehead atoms. The lowest BCUT2D eigenvalue weighted by molar-refractivity contribution is -0.117. The van der Waals surface area contributed by atoms with Gasteiger partial charge in [0, 0.05) is 18.0 Å². The minimum absolute atomic E-state index is 0.117. The van der Waals surface area contributed by atoms with Gasteiger partial charge in [0.1, 0.15) is 12.0 Å². The maximum atomic E-state index is 13.1. The number of rotatable bonds is 7. The Hall–Kier alpha value is -3.42. The van der Waals surface area contributed by atoms with Crippen molar-refractivity contribution >= 4 is 17.5 Å². The SMILES string of the molecule is Cc1cc(-c2ccnc(NC(=O)[C@@H]3C[C@@H]3F)c2)ccc1CCC(=O)c1noc(C(C)(C)C)n1. The predicted octanol–water partition coefficient (Wildman–Crippen LogP) is 4.85. The molecule has 3 aromatic rings. The van der Waals surface area contributed by atoms with Crippen LogP contribution in [0.25, 0.3) is 11.1 Å². The van der Waals surface area contributed by atoms with Crippen molar-refractivity contribution in [2.75, 3.05) is 5.32 Å². The summed E-state index contributed by atoms with van der Waals surface area (Å²) in [7, 11) is 0. The van der Waals surface area contributed by atoms with Crippen molar-refractivity contribution in [2.45, 2.75) is 58.5 Å². The monoisotopic (exact) mass is 450 g/mol. The predicted molar refractivity (Wildman–Crippen MR) is 122 cm³/mol. The summed E-state index contributed by atoms with van der Waals surface area (Å²) in [4.78, 5) is 32.9. The van der Waals surface area contributed by atoms with Crippen molar-refractivity contribution < 1.29 is 18.5 Å². The highest BCUT2D eigenvalue weighted by Crippen LogP contribution is 2.35. The van der Waals surface area contributed by atoms with Gasteiger partial charge in [-0.2, -0.15) is 4.98 Å². The van der Waals surface area contributed by atoms with Crippen LogP contribution in [0.5, 0.6) is 0 Å². The van der Waals surface area contributed by atoms with Gasteiger partial charge < -0.3 is 9.84 Å². The molecular formula is C25H27FN4O3. The van der Waals surface area contributed by atoms with E-state index in [9.17, 15) is 14.0 Å². The summed E-state index contributed by atoms with van der Waals surface area (Å²) < 4.78 is 18.3. The van der Waals surface area contributed by atoms with Crippen LogP contribution in [0.3, 0.4) is 0 Å². The number of carbonyl (C=O) groups is 2. The molecule has 2 aromatic heterocycles. The molecule has 1 saturated carbocycles. The van der Waals surface area contributed by atoms with Crippen LogP contribution in [0, 0.1) is 12.8 Å². The Labute approximate surface area is 191 Å². The summed E-state index contributed by atoms with van der Waals surface area (Å²) in [5, 5.41) is 6.51. The number of anilines is 1. The lowest BCUT2D eigenvalue weighted by atomic mass is 9.96. The number of hydrogen-bond donors (Lipinski definition) is 1. The van der Waals surface area contributed by atoms with Crippen LogP contribution in [-0.4, -0.2) is 33.0 Å². The van der Waals surface area contributed by atoms with Gasteiger partial charge in [0.25, 0.3) is 0 Å². The molecule has 0 aliphatic heterocycles. The first-order valence-corrected chi connectivity index (χ1v) is 11.0. The minimum atomic E-state index is -1.05. The molecule has 1 aliphatic carbocycles. The first-order valence-electron chi connectivity index (χ1n) is 11.0. The number of aromatic nitrogens is 3. The van der Waals surface area contributed by atoms with Crippen LogP contribution in [0.4, 0.5) is 10.2 Å². The third-order valence-corrected chi connectivity index (χ3v) is 5.67. The Bertz CT molecular complexity index is 1200. The van der Waals surface area contributed by atoms with E-state index in [0.29, 0.717) is 18.1 Å². The lowest BCUT2D eigenvalue weighted by Crippen LogP contribution is -2.15. The molecule has 1 aliphatic rings. The molecule has 0 spiro atoms. The summed E-state index contributed by atoms with van der Waals surface area (Å²) in [5.74, 6) is -0.0874. The third kappa shape index (κ3) is 5.32. The van der Waals surface area contributed by atoms with Crippen molar-refractivity contribution in [2.24, 2.45) is 5.92 Å². The molecule has 0 unspecified atom stereocenters. The van der Waals surface area contributed by atoms with Crippen molar-refractivity contribution in [3.05, 3.63) is 59.4 Å². The number of ketones is 1. The van der Waals surface area contributed by atoms with E-state index >= 15 is 0 Å². The van der Waals surface area contributed by atoms with Crippen LogP contribution < -0.4 is 5.32 Å². The van der Waals surface area contributed by atoms with E-state index in [1.807, 2.05) is 52.0 Å². The molecule has 1 N–H and O–H groups in total. The van der Waals surface area contributed by atoms with E-state index in [0.717, 1.165) is 22.3 Å². The fourth-order valence-corrected chi connectivity index (χ4v) is 3.49. The number of hydrogen-bond acceptors (Lipinski definition) is 6. The summed E-state index contributed by atoms with van der Waals surface area (Å²) in [6, 6.07) is 9.62. The quantitative estimate of drug-likeness (QED) is 0.517. The van der Waals surface area contributed by atoms with E-state index < -0.39 is 12.1 Å². The number of pyridine rings is 1. The molecular weight excluding hydrogens is 423 g/mol. The molecule has 1 fully saturated rings. The van der Waals surface area contributed by atoms with E-state index in [2.05, 4.69) is 20.4 Å². The summed E-state index contributed by atoms with van der Waals surface area (Å²) in [6.07, 6.45) is 1.69. The zero-order valence-corrected chi connectivity index (χ0v) is 19.2. The largest absolute Gasteiger partial charge is 0.338 e. The van der Waals surface area contributed by atoms with Gasteiger partial charge in [0.15, 0.2) is 0 Å².